The monoisotopic (exact) mass is 1430 g/mol. The Morgan fingerprint density at radius 1 is 0.480 bits per heavy atom. The zero-order valence-electron chi connectivity index (χ0n) is 61.6. The molecule has 102 heavy (non-hydrogen) atoms. The van der Waals surface area contributed by atoms with Gasteiger partial charge in [-0.2, -0.15) is 0 Å². The van der Waals surface area contributed by atoms with Crippen LogP contribution in [0.5, 0.6) is 0 Å². The molecule has 3 heterocycles. The van der Waals surface area contributed by atoms with E-state index in [0.717, 1.165) is 26.0 Å². The Kier molecular flexibility index (Phi) is 31.1. The predicted octanol–water partition coefficient (Wildman–Crippen LogP) is 3.39. The molecule has 0 spiro atoms. The number of nitrogens with one attached hydrogen (secondary N) is 5. The number of likely N-dealkylation sites (tertiary alicyclic amines) is 1. The van der Waals surface area contributed by atoms with Gasteiger partial charge in [0.15, 0.2) is 0 Å². The van der Waals surface area contributed by atoms with Crippen molar-refractivity contribution in [2.45, 2.75) is 193 Å². The number of piperidine rings is 1. The maximum absolute atomic E-state index is 15.7. The minimum atomic E-state index is -1.72. The van der Waals surface area contributed by atoms with Gasteiger partial charge in [-0.25, -0.2) is 4.98 Å². The third-order valence-electron chi connectivity index (χ3n) is 19.0. The van der Waals surface area contributed by atoms with Crippen molar-refractivity contribution < 1.29 is 62.6 Å². The summed E-state index contributed by atoms with van der Waals surface area (Å²) in [6.45, 7) is 13.8. The largest absolute Gasteiger partial charge is 0.391 e. The van der Waals surface area contributed by atoms with Gasteiger partial charge in [0.1, 0.15) is 60.4 Å². The first-order valence-corrected chi connectivity index (χ1v) is 36.3. The first kappa shape index (κ1) is 81.9. The molecule has 0 radical (unpaired) electrons. The molecule has 27 heteroatoms. The summed E-state index contributed by atoms with van der Waals surface area (Å²) in [4.78, 5) is 193. The fourth-order valence-corrected chi connectivity index (χ4v) is 13.3. The molecule has 1 aromatic heterocycles. The zero-order valence-corrected chi connectivity index (χ0v) is 62.4. The number of carbonyl (C=O) groups excluding carboxylic acids is 12. The Hall–Kier alpha value is -9.11. The van der Waals surface area contributed by atoms with Gasteiger partial charge in [0, 0.05) is 86.4 Å². The minimum Gasteiger partial charge on any atom is -0.391 e. The summed E-state index contributed by atoms with van der Waals surface area (Å²) in [6.07, 6.45) is -0.249. The first-order valence-electron chi connectivity index (χ1n) is 35.3. The molecule has 2 fully saturated rings. The average Bonchev–Trinajstić information content (AvgIpc) is 0.874. The fourth-order valence-electron chi connectivity index (χ4n) is 12.7. The molecule has 11 atom stereocenters. The number of hydrogen-bond acceptors (Lipinski definition) is 15. The van der Waals surface area contributed by atoms with Gasteiger partial charge in [0.2, 0.25) is 70.9 Å². The van der Waals surface area contributed by atoms with E-state index in [1.807, 2.05) is 41.5 Å². The SMILES string of the molecule is CC(C)C[C@@H]1NC(=O)[C@H](C)N(C)C(=O)C[C@@H](C(=O)N2CCCCC2)NC(=O)[C@H](CC(C)C)N(C)C(=O)CN(C)C(=O)[C@H]([C@@H](C)O)NC(=O)[C@H](Cc2cscn2)N(C)C(=O)[C@H](Cc2ccccc2)N(C)C(=O)[C@H](Cc2ccccc2)NC(=O)[C@H](Cc2ccccc2)NC(=O)[C@H](CC(C)C)N(C)C1=O. The Balaban J connectivity index is 1.49. The van der Waals surface area contributed by atoms with Crippen LogP contribution in [-0.2, 0) is 83.2 Å². The van der Waals surface area contributed by atoms with Crippen molar-refractivity contribution in [3.63, 3.8) is 0 Å². The summed E-state index contributed by atoms with van der Waals surface area (Å²) in [5, 5.41) is 27.2. The number of aliphatic hydroxyl groups is 1. The van der Waals surface area contributed by atoms with Crippen LogP contribution in [0.4, 0.5) is 0 Å². The summed E-state index contributed by atoms with van der Waals surface area (Å²) in [5.74, 6) is -9.62. The Morgan fingerprint density at radius 3 is 1.46 bits per heavy atom. The molecule has 2 aliphatic rings. The highest BCUT2D eigenvalue weighted by Crippen LogP contribution is 2.23. The molecule has 0 saturated carbocycles. The van der Waals surface area contributed by atoms with Crippen molar-refractivity contribution in [1.82, 2.24) is 65.9 Å². The van der Waals surface area contributed by atoms with E-state index in [1.165, 1.54) is 82.8 Å². The van der Waals surface area contributed by atoms with E-state index in [9.17, 15) is 33.9 Å². The summed E-state index contributed by atoms with van der Waals surface area (Å²) < 4.78 is 0. The van der Waals surface area contributed by atoms with Crippen molar-refractivity contribution in [3.05, 3.63) is 124 Å². The van der Waals surface area contributed by atoms with E-state index in [1.54, 1.807) is 101 Å². The lowest BCUT2D eigenvalue weighted by molar-refractivity contribution is -0.150. The predicted molar refractivity (Wildman–Crippen MR) is 387 cm³/mol. The van der Waals surface area contributed by atoms with Gasteiger partial charge in [-0.05, 0) is 86.8 Å². The van der Waals surface area contributed by atoms with E-state index in [2.05, 4.69) is 31.6 Å². The number of benzene rings is 3. The van der Waals surface area contributed by atoms with Gasteiger partial charge >= 0.3 is 0 Å². The normalized spacial score (nSPS) is 24.6. The highest BCUT2D eigenvalue weighted by atomic mass is 32.1. The van der Waals surface area contributed by atoms with E-state index in [-0.39, 0.29) is 62.7 Å². The molecule has 2 aliphatic heterocycles. The van der Waals surface area contributed by atoms with Crippen LogP contribution in [0, 0.1) is 17.8 Å². The van der Waals surface area contributed by atoms with Crippen LogP contribution in [0.2, 0.25) is 0 Å². The lowest BCUT2D eigenvalue weighted by Crippen LogP contribution is -2.62. The highest BCUT2D eigenvalue weighted by molar-refractivity contribution is 7.07. The zero-order chi connectivity index (χ0) is 75.2. The maximum atomic E-state index is 15.7. The smallest absolute Gasteiger partial charge is 0.248 e. The van der Waals surface area contributed by atoms with Crippen LogP contribution in [0.15, 0.2) is 102 Å². The Morgan fingerprint density at radius 2 is 0.941 bits per heavy atom. The van der Waals surface area contributed by atoms with Crippen molar-refractivity contribution in [2.24, 2.45) is 17.8 Å². The maximum Gasteiger partial charge on any atom is 0.248 e. The van der Waals surface area contributed by atoms with E-state index < -0.39 is 150 Å². The number of nitrogens with zero attached hydrogens (tertiary/aromatic N) is 8. The van der Waals surface area contributed by atoms with Crippen LogP contribution in [0.25, 0.3) is 0 Å². The molecular weight excluding hydrogens is 1320 g/mol. The van der Waals surface area contributed by atoms with Gasteiger partial charge in [-0.3, -0.25) is 57.5 Å². The number of amides is 12. The van der Waals surface area contributed by atoms with E-state index in [0.29, 0.717) is 48.3 Å². The number of rotatable bonds is 16. The third kappa shape index (κ3) is 23.2. The molecule has 6 N–H and O–H groups in total. The van der Waals surface area contributed by atoms with Crippen LogP contribution in [0.1, 0.15) is 123 Å². The Bertz CT molecular complexity index is 3490. The fraction of sp³-hybridized carbons (Fsp3) is 0.560. The van der Waals surface area contributed by atoms with Gasteiger partial charge < -0.3 is 66.0 Å². The molecule has 0 unspecified atom stereocenters. The van der Waals surface area contributed by atoms with Crippen LogP contribution >= 0.6 is 11.3 Å². The standard InChI is InChI=1S/C75H107N13O13S/c1-46(2)35-56-71(97)85(12)60(37-48(5)6)69(95)77-55(38-51-27-19-15-20-28-51)67(93)79-57(39-52-29-21-16-22-30-52)72(98)87(14)62(40-53-31-23-17-24-32-53)74(100)86(13)61(41-54-44-102-45-76-54)70(96)81-65(50(8)89)75(101)82(9)43-64(91)84(11)59(36-47(3)4)68(94)80-58(73(99)88-33-25-18-26-34-88)42-63(90)83(10)49(7)66(92)78-56/h15-17,19-24,27-32,44-50,55-62,65,89H,18,25-26,33-43H2,1-14H3,(H,77,95)(H,78,92)(H,79,93)(H,80,94)(H,81,96)/t49-,50+,55-,56-,57-,58-,59-,60-,61-,62-,65-/m0/s1. The second-order valence-corrected chi connectivity index (χ2v) is 29.2. The molecule has 26 nitrogen and oxygen atoms in total. The Labute approximate surface area is 604 Å². The van der Waals surface area contributed by atoms with Crippen molar-refractivity contribution in [3.8, 4) is 0 Å². The number of likely N-dealkylation sites (N-methyl/N-ethyl adjacent to an activating group) is 6. The van der Waals surface area contributed by atoms with Crippen LogP contribution in [-0.4, -0.2) is 244 Å². The first-order chi connectivity index (χ1) is 48.3. The molecule has 2 saturated heterocycles. The summed E-state index contributed by atoms with van der Waals surface area (Å²) >= 11 is 1.23. The van der Waals surface area contributed by atoms with E-state index in [4.69, 9.17) is 0 Å². The summed E-state index contributed by atoms with van der Waals surface area (Å²) in [6, 6.07) is 12.7. The molecule has 12 amide bonds. The molecule has 556 valence electrons. The molecular formula is C75H107N13O13S. The lowest BCUT2D eigenvalue weighted by atomic mass is 9.97. The second kappa shape index (κ2) is 38.8. The van der Waals surface area contributed by atoms with Gasteiger partial charge in [-0.15, -0.1) is 11.3 Å². The van der Waals surface area contributed by atoms with E-state index >= 15 is 28.8 Å². The summed E-state index contributed by atoms with van der Waals surface area (Å²) in [5.41, 5.74) is 3.81. The average molecular weight is 1430 g/mol. The lowest BCUT2D eigenvalue weighted by Gasteiger charge is -2.37. The number of hydrogen-bond donors (Lipinski definition) is 6. The number of carbonyl (C=O) groups is 12. The minimum absolute atomic E-state index is 0.0600. The molecule has 4 aromatic rings. The molecule has 3 aromatic carbocycles. The quantitative estimate of drug-likeness (QED) is 0.0938. The number of aromatic nitrogens is 1. The van der Waals surface area contributed by atoms with Crippen LogP contribution in [0.3, 0.4) is 0 Å². The topological polar surface area (TPSA) is 321 Å². The van der Waals surface area contributed by atoms with Crippen molar-refractivity contribution >= 4 is 82.2 Å². The molecule has 0 aliphatic carbocycles. The molecule has 6 rings (SSSR count). The summed E-state index contributed by atoms with van der Waals surface area (Å²) in [7, 11) is 8.23. The molecule has 0 bridgehead atoms. The van der Waals surface area contributed by atoms with Gasteiger partial charge in [0.25, 0.3) is 0 Å². The van der Waals surface area contributed by atoms with Crippen LogP contribution < -0.4 is 26.6 Å². The van der Waals surface area contributed by atoms with Gasteiger partial charge in [-0.1, -0.05) is 133 Å². The third-order valence-corrected chi connectivity index (χ3v) is 19.6. The van der Waals surface area contributed by atoms with Gasteiger partial charge in [0.05, 0.1) is 30.3 Å². The van der Waals surface area contributed by atoms with Crippen molar-refractivity contribution in [2.75, 3.05) is 61.9 Å². The number of thiazole rings is 1. The second-order valence-electron chi connectivity index (χ2n) is 28.5. The van der Waals surface area contributed by atoms with Crippen molar-refractivity contribution in [1.29, 1.82) is 0 Å². The number of aliphatic hydroxyl groups excluding tert-OH is 1. The highest BCUT2D eigenvalue weighted by Gasteiger charge is 2.43.